The van der Waals surface area contributed by atoms with Crippen molar-refractivity contribution in [2.24, 2.45) is 11.7 Å². The van der Waals surface area contributed by atoms with Crippen LogP contribution in [0.3, 0.4) is 0 Å². The van der Waals surface area contributed by atoms with Crippen molar-refractivity contribution >= 4 is 23.2 Å². The SMILES string of the molecule is CC1CC1.CCCc1nc(Nc2ccc3c(c2)OC[C@H]2CNCCN32)ncc1C(N)=O. The van der Waals surface area contributed by atoms with Crippen molar-refractivity contribution in [2.75, 3.05) is 36.5 Å². The Kier molecular flexibility index (Phi) is 6.56. The van der Waals surface area contributed by atoms with E-state index >= 15 is 0 Å². The van der Waals surface area contributed by atoms with E-state index in [1.165, 1.54) is 19.0 Å². The molecule has 0 bridgehead atoms. The van der Waals surface area contributed by atoms with Crippen molar-refractivity contribution < 1.29 is 9.53 Å². The molecule has 1 saturated heterocycles. The van der Waals surface area contributed by atoms with E-state index < -0.39 is 5.91 Å². The molecular weight excluding hydrogens is 392 g/mol. The fourth-order valence-corrected chi connectivity index (χ4v) is 3.76. The number of rotatable bonds is 5. The summed E-state index contributed by atoms with van der Waals surface area (Å²) in [7, 11) is 0. The Morgan fingerprint density at radius 3 is 2.90 bits per heavy atom. The molecule has 2 aliphatic heterocycles. The van der Waals surface area contributed by atoms with Gasteiger partial charge in [-0.3, -0.25) is 4.79 Å². The zero-order valence-corrected chi connectivity index (χ0v) is 18.4. The molecule has 0 spiro atoms. The van der Waals surface area contributed by atoms with Gasteiger partial charge in [-0.15, -0.1) is 0 Å². The van der Waals surface area contributed by atoms with Crippen molar-refractivity contribution in [1.29, 1.82) is 0 Å². The van der Waals surface area contributed by atoms with Crippen LogP contribution in [0.2, 0.25) is 0 Å². The standard InChI is InChI=1S/C19H24N6O2.C4H8/c1-2-3-15-14(18(20)26)10-22-19(24-15)23-12-4-5-16-17(8-12)27-11-13-9-21-6-7-25(13)16;1-4-2-3-4/h4-5,8,10,13,21H,2-3,6-7,9,11H2,1H3,(H2,20,26)(H,22,23,24);4H,2-3H2,1H3/t13-;/m1./s1. The van der Waals surface area contributed by atoms with Crippen LogP contribution in [0.4, 0.5) is 17.3 Å². The van der Waals surface area contributed by atoms with Crippen LogP contribution in [-0.2, 0) is 6.42 Å². The second kappa shape index (κ2) is 9.51. The number of hydrogen-bond donors (Lipinski definition) is 3. The fraction of sp³-hybridized carbons (Fsp3) is 0.522. The average molecular weight is 425 g/mol. The molecule has 166 valence electrons. The van der Waals surface area contributed by atoms with Crippen LogP contribution >= 0.6 is 0 Å². The molecule has 2 aromatic rings. The Morgan fingerprint density at radius 2 is 2.19 bits per heavy atom. The molecule has 0 radical (unpaired) electrons. The highest BCUT2D eigenvalue weighted by atomic mass is 16.5. The third-order valence-corrected chi connectivity index (χ3v) is 5.79. The van der Waals surface area contributed by atoms with Crippen molar-refractivity contribution in [3.8, 4) is 5.75 Å². The van der Waals surface area contributed by atoms with Gasteiger partial charge in [0, 0.05) is 37.6 Å². The summed E-state index contributed by atoms with van der Waals surface area (Å²) in [5.41, 5.74) is 8.42. The Hall–Kier alpha value is -2.87. The summed E-state index contributed by atoms with van der Waals surface area (Å²) in [6.07, 6.45) is 6.01. The van der Waals surface area contributed by atoms with Gasteiger partial charge < -0.3 is 26.0 Å². The maximum absolute atomic E-state index is 11.5. The number of carbonyl (C=O) groups excluding carboxylic acids is 1. The Balaban J connectivity index is 0.000000520. The molecule has 5 rings (SSSR count). The van der Waals surface area contributed by atoms with Crippen LogP contribution in [0.5, 0.6) is 5.75 Å². The summed E-state index contributed by atoms with van der Waals surface area (Å²) < 4.78 is 5.96. The van der Waals surface area contributed by atoms with Crippen LogP contribution in [0.1, 0.15) is 49.2 Å². The summed E-state index contributed by atoms with van der Waals surface area (Å²) in [6, 6.07) is 6.42. The smallest absolute Gasteiger partial charge is 0.252 e. The van der Waals surface area contributed by atoms with E-state index in [9.17, 15) is 4.79 Å². The van der Waals surface area contributed by atoms with Gasteiger partial charge >= 0.3 is 0 Å². The van der Waals surface area contributed by atoms with Crippen LogP contribution in [0, 0.1) is 5.92 Å². The van der Waals surface area contributed by atoms with Gasteiger partial charge in [0.05, 0.1) is 23.0 Å². The molecule has 3 heterocycles. The first-order chi connectivity index (χ1) is 15.0. The summed E-state index contributed by atoms with van der Waals surface area (Å²) in [5, 5.41) is 6.61. The Morgan fingerprint density at radius 1 is 1.39 bits per heavy atom. The molecule has 8 heteroatoms. The van der Waals surface area contributed by atoms with E-state index in [0.29, 0.717) is 36.3 Å². The number of piperazine rings is 1. The van der Waals surface area contributed by atoms with E-state index in [4.69, 9.17) is 10.5 Å². The zero-order valence-electron chi connectivity index (χ0n) is 18.4. The number of nitrogens with two attached hydrogens (primary N) is 1. The van der Waals surface area contributed by atoms with Crippen molar-refractivity contribution in [2.45, 2.75) is 45.6 Å². The monoisotopic (exact) mass is 424 g/mol. The number of hydrogen-bond acceptors (Lipinski definition) is 7. The lowest BCUT2D eigenvalue weighted by Gasteiger charge is -2.42. The molecule has 4 N–H and O–H groups in total. The molecule has 1 saturated carbocycles. The highest BCUT2D eigenvalue weighted by Gasteiger charge is 2.29. The first kappa shape index (κ1) is 21.4. The van der Waals surface area contributed by atoms with Gasteiger partial charge in [0.15, 0.2) is 0 Å². The largest absolute Gasteiger partial charge is 0.489 e. The first-order valence-electron chi connectivity index (χ1n) is 11.2. The highest BCUT2D eigenvalue weighted by Crippen LogP contribution is 2.37. The molecular formula is C23H32N6O2. The minimum Gasteiger partial charge on any atom is -0.489 e. The second-order valence-electron chi connectivity index (χ2n) is 8.52. The predicted octanol–water partition coefficient (Wildman–Crippen LogP) is 2.86. The van der Waals surface area contributed by atoms with Gasteiger partial charge in [0.2, 0.25) is 5.95 Å². The normalized spacial score (nSPS) is 19.3. The summed E-state index contributed by atoms with van der Waals surface area (Å²) in [5.74, 6) is 1.89. The van der Waals surface area contributed by atoms with Crippen LogP contribution < -0.4 is 26.0 Å². The molecule has 31 heavy (non-hydrogen) atoms. The molecule has 1 atom stereocenters. The lowest BCUT2D eigenvalue weighted by Crippen LogP contribution is -2.55. The number of ether oxygens (including phenoxy) is 1. The third kappa shape index (κ3) is 5.25. The van der Waals surface area contributed by atoms with Crippen molar-refractivity contribution in [3.63, 3.8) is 0 Å². The maximum Gasteiger partial charge on any atom is 0.252 e. The topological polar surface area (TPSA) is 105 Å². The van der Waals surface area contributed by atoms with E-state index in [2.05, 4.69) is 38.5 Å². The number of anilines is 3. The number of primary amides is 1. The van der Waals surface area contributed by atoms with Gasteiger partial charge in [-0.1, -0.05) is 33.1 Å². The predicted molar refractivity (Wildman–Crippen MR) is 122 cm³/mol. The summed E-state index contributed by atoms with van der Waals surface area (Å²) in [6.45, 7) is 7.89. The number of benzene rings is 1. The molecule has 2 fully saturated rings. The molecule has 8 nitrogen and oxygen atoms in total. The number of aryl methyl sites for hydroxylation is 1. The van der Waals surface area contributed by atoms with E-state index in [1.807, 2.05) is 19.1 Å². The van der Waals surface area contributed by atoms with Gasteiger partial charge in [-0.05, 0) is 24.5 Å². The number of amides is 1. The number of nitrogens with one attached hydrogen (secondary N) is 2. The van der Waals surface area contributed by atoms with Gasteiger partial charge in [0.25, 0.3) is 5.91 Å². The van der Waals surface area contributed by atoms with Crippen LogP contribution in [0.15, 0.2) is 24.4 Å². The average Bonchev–Trinajstić information content (AvgIpc) is 3.56. The fourth-order valence-electron chi connectivity index (χ4n) is 3.76. The molecule has 1 aromatic carbocycles. The number of aromatic nitrogens is 2. The highest BCUT2D eigenvalue weighted by molar-refractivity contribution is 5.93. The lowest BCUT2D eigenvalue weighted by atomic mass is 10.1. The van der Waals surface area contributed by atoms with Crippen LogP contribution in [0.25, 0.3) is 0 Å². The van der Waals surface area contributed by atoms with Crippen molar-refractivity contribution in [1.82, 2.24) is 15.3 Å². The van der Waals surface area contributed by atoms with Crippen molar-refractivity contribution in [3.05, 3.63) is 35.7 Å². The van der Waals surface area contributed by atoms with E-state index in [0.717, 1.165) is 49.1 Å². The van der Waals surface area contributed by atoms with Gasteiger partial charge in [-0.25, -0.2) is 9.97 Å². The second-order valence-corrected chi connectivity index (χ2v) is 8.52. The number of carbonyl (C=O) groups is 1. The van der Waals surface area contributed by atoms with Gasteiger partial charge in [0.1, 0.15) is 12.4 Å². The van der Waals surface area contributed by atoms with E-state index in [-0.39, 0.29) is 0 Å². The summed E-state index contributed by atoms with van der Waals surface area (Å²) in [4.78, 5) is 22.6. The molecule has 1 amide bonds. The minimum absolute atomic E-state index is 0.376. The zero-order chi connectivity index (χ0) is 21.8. The van der Waals surface area contributed by atoms with Crippen LogP contribution in [-0.4, -0.2) is 48.2 Å². The Bertz CT molecular complexity index is 930. The maximum atomic E-state index is 11.5. The number of fused-ring (bicyclic) bond motifs is 3. The molecule has 0 unspecified atom stereocenters. The first-order valence-corrected chi connectivity index (χ1v) is 11.2. The summed E-state index contributed by atoms with van der Waals surface area (Å²) >= 11 is 0. The Labute approximate surface area is 183 Å². The number of nitrogens with zero attached hydrogens (tertiary/aromatic N) is 3. The van der Waals surface area contributed by atoms with Gasteiger partial charge in [-0.2, -0.15) is 0 Å². The molecule has 3 aliphatic rings. The lowest BCUT2D eigenvalue weighted by molar-refractivity contribution is 0.0998. The quantitative estimate of drug-likeness (QED) is 0.678. The third-order valence-electron chi connectivity index (χ3n) is 5.79. The molecule has 1 aromatic heterocycles. The molecule has 1 aliphatic carbocycles. The minimum atomic E-state index is -0.502. The van der Waals surface area contributed by atoms with E-state index in [1.54, 1.807) is 0 Å².